The van der Waals surface area contributed by atoms with E-state index in [0.29, 0.717) is 20.7 Å². The number of halogens is 1. The van der Waals surface area contributed by atoms with Gasteiger partial charge in [0, 0.05) is 16.6 Å². The molecule has 3 aromatic heterocycles. The highest BCUT2D eigenvalue weighted by Gasteiger charge is 2.20. The van der Waals surface area contributed by atoms with E-state index in [1.165, 1.54) is 6.20 Å². The molecular weight excluding hydrogens is 371 g/mol. The molecule has 3 rings (SSSR count). The zero-order valence-corrected chi connectivity index (χ0v) is 16.1. The van der Waals surface area contributed by atoms with Crippen LogP contribution in [0.1, 0.15) is 39.6 Å². The van der Waals surface area contributed by atoms with Gasteiger partial charge in [-0.05, 0) is 39.8 Å². The number of carbonyl (C=O) groups excluding carboxylic acids is 1. The van der Waals surface area contributed by atoms with Crippen LogP contribution in [0.3, 0.4) is 0 Å². The number of fused-ring (bicyclic) bond motifs is 1. The lowest BCUT2D eigenvalue weighted by Crippen LogP contribution is -2.35. The van der Waals surface area contributed by atoms with Gasteiger partial charge in [-0.25, -0.2) is 14.2 Å². The first kappa shape index (κ1) is 19.0. The number of aromatic amines is 1. The number of aromatic nitrogens is 3. The summed E-state index contributed by atoms with van der Waals surface area (Å²) in [5.74, 6) is -0.182. The molecule has 2 N–H and O–H groups in total. The van der Waals surface area contributed by atoms with Crippen molar-refractivity contribution in [1.82, 2.24) is 20.3 Å². The molecule has 27 heavy (non-hydrogen) atoms. The Balaban J connectivity index is 1.92. The first-order chi connectivity index (χ1) is 12.6. The number of thiophene rings is 1. The fourth-order valence-corrected chi connectivity index (χ4v) is 3.44. The smallest absolute Gasteiger partial charge is 0.408 e. The van der Waals surface area contributed by atoms with Gasteiger partial charge in [0.1, 0.15) is 21.9 Å². The largest absolute Gasteiger partial charge is 0.444 e. The number of carbonyl (C=O) groups is 1. The van der Waals surface area contributed by atoms with Crippen LogP contribution in [0.25, 0.3) is 20.7 Å². The molecule has 0 spiro atoms. The second-order valence-corrected chi connectivity index (χ2v) is 8.05. The molecule has 142 valence electrons. The predicted molar refractivity (Wildman–Crippen MR) is 101 cm³/mol. The Bertz CT molecular complexity index is 1050. The normalized spacial score (nSPS) is 12.8. The van der Waals surface area contributed by atoms with Gasteiger partial charge in [-0.3, -0.25) is 9.78 Å². The lowest BCUT2D eigenvalue weighted by atomic mass is 10.2. The number of nitrogens with one attached hydrogen (secondary N) is 2. The molecule has 9 heteroatoms. The second kappa shape index (κ2) is 7.07. The van der Waals surface area contributed by atoms with Crippen molar-refractivity contribution in [1.29, 1.82) is 0 Å². The van der Waals surface area contributed by atoms with E-state index < -0.39 is 23.6 Å². The molecule has 0 aliphatic carbocycles. The first-order valence-electron chi connectivity index (χ1n) is 8.27. The van der Waals surface area contributed by atoms with Gasteiger partial charge < -0.3 is 15.0 Å². The van der Waals surface area contributed by atoms with Gasteiger partial charge in [0.2, 0.25) is 0 Å². The van der Waals surface area contributed by atoms with Gasteiger partial charge in [-0.2, -0.15) is 0 Å². The van der Waals surface area contributed by atoms with E-state index in [0.717, 1.165) is 17.5 Å². The minimum atomic E-state index is -0.633. The van der Waals surface area contributed by atoms with Gasteiger partial charge in [0.05, 0.1) is 17.8 Å². The summed E-state index contributed by atoms with van der Waals surface area (Å²) in [5, 5.41) is 2.63. The zero-order chi connectivity index (χ0) is 19.8. The van der Waals surface area contributed by atoms with Gasteiger partial charge in [0.15, 0.2) is 0 Å². The quantitative estimate of drug-likeness (QED) is 0.709. The molecule has 0 saturated carbocycles. The lowest BCUT2D eigenvalue weighted by Gasteiger charge is -2.21. The summed E-state index contributed by atoms with van der Waals surface area (Å²) < 4.78 is 19.6. The third-order valence-corrected chi connectivity index (χ3v) is 4.74. The highest BCUT2D eigenvalue weighted by Crippen LogP contribution is 2.32. The van der Waals surface area contributed by atoms with Crippen LogP contribution in [0.5, 0.6) is 0 Å². The van der Waals surface area contributed by atoms with E-state index in [4.69, 9.17) is 4.74 Å². The third kappa shape index (κ3) is 4.30. The summed E-state index contributed by atoms with van der Waals surface area (Å²) in [6.07, 6.45) is 2.00. The van der Waals surface area contributed by atoms with Gasteiger partial charge in [-0.1, -0.05) is 0 Å². The van der Waals surface area contributed by atoms with E-state index in [9.17, 15) is 14.0 Å². The molecule has 0 saturated heterocycles. The minimum Gasteiger partial charge on any atom is -0.444 e. The standard InChI is InChI=1S/C18H19FN4O3S/c1-9(21-17(25)26-18(2,3)4)15-22-12-7-13(27-14(12)16(24)23-15)10-5-6-20-8-11(10)19/h5-9H,1-4H3,(H,21,25)(H,22,23,24)/t9-/m0/s1. The highest BCUT2D eigenvalue weighted by molar-refractivity contribution is 7.22. The average Bonchev–Trinajstić information content (AvgIpc) is 2.97. The summed E-state index contributed by atoms with van der Waals surface area (Å²) in [5.41, 5.74) is -0.193. The van der Waals surface area contributed by atoms with Crippen LogP contribution < -0.4 is 10.9 Å². The SMILES string of the molecule is C[C@H](NC(=O)OC(C)(C)C)c1nc2cc(-c3ccncc3F)sc2c(=O)[nH]1. The summed E-state index contributed by atoms with van der Waals surface area (Å²) in [4.78, 5) is 35.7. The van der Waals surface area contributed by atoms with Crippen LogP contribution in [0, 0.1) is 5.82 Å². The lowest BCUT2D eigenvalue weighted by molar-refractivity contribution is 0.0506. The maximum Gasteiger partial charge on any atom is 0.408 e. The van der Waals surface area contributed by atoms with Crippen molar-refractivity contribution in [2.45, 2.75) is 39.3 Å². The Morgan fingerprint density at radius 3 is 2.81 bits per heavy atom. The molecule has 7 nitrogen and oxygen atoms in total. The number of nitrogens with zero attached hydrogens (tertiary/aromatic N) is 2. The van der Waals surface area contributed by atoms with Crippen molar-refractivity contribution in [3.05, 3.63) is 46.5 Å². The van der Waals surface area contributed by atoms with Gasteiger partial charge >= 0.3 is 6.09 Å². The Kier molecular flexibility index (Phi) is 4.97. The molecule has 0 fully saturated rings. The van der Waals surface area contributed by atoms with Gasteiger partial charge in [0.25, 0.3) is 5.56 Å². The van der Waals surface area contributed by atoms with Crippen LogP contribution in [-0.2, 0) is 4.74 Å². The Labute approximate surface area is 158 Å². The van der Waals surface area contributed by atoms with E-state index in [2.05, 4.69) is 20.3 Å². The van der Waals surface area contributed by atoms with Crippen LogP contribution in [0.2, 0.25) is 0 Å². The number of rotatable bonds is 3. The van der Waals surface area contributed by atoms with E-state index in [-0.39, 0.29) is 11.4 Å². The van der Waals surface area contributed by atoms with Crippen molar-refractivity contribution in [2.24, 2.45) is 0 Å². The number of H-pyrrole nitrogens is 1. The van der Waals surface area contributed by atoms with Crippen molar-refractivity contribution in [3.8, 4) is 10.4 Å². The topological polar surface area (TPSA) is 97.0 Å². The molecule has 0 bridgehead atoms. The maximum atomic E-state index is 14.0. The minimum absolute atomic E-state index is 0.290. The Morgan fingerprint density at radius 1 is 1.41 bits per heavy atom. The zero-order valence-electron chi connectivity index (χ0n) is 15.3. The molecule has 3 aromatic rings. The average molecular weight is 390 g/mol. The first-order valence-corrected chi connectivity index (χ1v) is 9.09. The van der Waals surface area contributed by atoms with Crippen LogP contribution >= 0.6 is 11.3 Å². The highest BCUT2D eigenvalue weighted by atomic mass is 32.1. The van der Waals surface area contributed by atoms with E-state index >= 15 is 0 Å². The van der Waals surface area contributed by atoms with Crippen LogP contribution in [0.15, 0.2) is 29.3 Å². The molecular formula is C18H19FN4O3S. The molecule has 3 heterocycles. The summed E-state index contributed by atoms with van der Waals surface area (Å²) >= 11 is 1.15. The van der Waals surface area contributed by atoms with Crippen LogP contribution in [0.4, 0.5) is 9.18 Å². The molecule has 1 atom stereocenters. The summed E-state index contributed by atoms with van der Waals surface area (Å²) in [6.45, 7) is 6.96. The molecule has 0 unspecified atom stereocenters. The predicted octanol–water partition coefficient (Wildman–Crippen LogP) is 3.77. The Morgan fingerprint density at radius 2 is 2.15 bits per heavy atom. The molecule has 0 aliphatic rings. The molecule has 1 amide bonds. The van der Waals surface area contributed by atoms with Crippen LogP contribution in [-0.4, -0.2) is 26.6 Å². The van der Waals surface area contributed by atoms with Crippen molar-refractivity contribution in [3.63, 3.8) is 0 Å². The second-order valence-electron chi connectivity index (χ2n) is 7.00. The number of alkyl carbamates (subject to hydrolysis) is 1. The summed E-state index contributed by atoms with van der Waals surface area (Å²) in [6, 6.07) is 2.62. The number of pyridine rings is 1. The molecule has 0 aliphatic heterocycles. The number of amides is 1. The van der Waals surface area contributed by atoms with E-state index in [1.807, 2.05) is 0 Å². The maximum absolute atomic E-state index is 14.0. The number of hydrogen-bond acceptors (Lipinski definition) is 6. The molecule has 0 radical (unpaired) electrons. The number of hydrogen-bond donors (Lipinski definition) is 2. The third-order valence-electron chi connectivity index (χ3n) is 3.58. The Hall–Kier alpha value is -2.81. The fourth-order valence-electron chi connectivity index (χ4n) is 2.42. The monoisotopic (exact) mass is 390 g/mol. The fraction of sp³-hybridized carbons (Fsp3) is 0.333. The van der Waals surface area contributed by atoms with Crippen molar-refractivity contribution in [2.75, 3.05) is 0 Å². The van der Waals surface area contributed by atoms with Crippen molar-refractivity contribution >= 4 is 27.6 Å². The van der Waals surface area contributed by atoms with Crippen molar-refractivity contribution < 1.29 is 13.9 Å². The van der Waals surface area contributed by atoms with E-state index in [1.54, 1.807) is 39.8 Å². The summed E-state index contributed by atoms with van der Waals surface area (Å²) in [7, 11) is 0. The van der Waals surface area contributed by atoms with Gasteiger partial charge in [-0.15, -0.1) is 11.3 Å². The number of ether oxygens (including phenoxy) is 1. The molecule has 0 aromatic carbocycles.